The number of nitrogens with one attached hydrogen (secondary N) is 1. The van der Waals surface area contributed by atoms with Crippen LogP contribution in [0.5, 0.6) is 0 Å². The molecule has 2 atom stereocenters. The summed E-state index contributed by atoms with van der Waals surface area (Å²) in [6, 6.07) is 0.605. The summed E-state index contributed by atoms with van der Waals surface area (Å²) in [4.78, 5) is 16.6. The number of likely N-dealkylation sites (N-methyl/N-ethyl adjacent to an activating group) is 3. The fourth-order valence-corrected chi connectivity index (χ4v) is 2.71. The van der Waals surface area contributed by atoms with Crippen LogP contribution in [0.15, 0.2) is 0 Å². The van der Waals surface area contributed by atoms with Gasteiger partial charge in [0, 0.05) is 19.1 Å². The average molecular weight is 271 g/mol. The number of esters is 1. The zero-order chi connectivity index (χ0) is 14.5. The molecule has 1 heterocycles. The maximum Gasteiger partial charge on any atom is 0.327 e. The second-order valence-electron chi connectivity index (χ2n) is 5.78. The number of carbonyl (C=O) groups is 1. The first kappa shape index (κ1) is 16.4. The monoisotopic (exact) mass is 271 g/mol. The number of nitrogens with zero attached hydrogens (tertiary/aromatic N) is 2. The summed E-state index contributed by atoms with van der Waals surface area (Å²) in [6.07, 6.45) is 2.52. The Morgan fingerprint density at radius 3 is 2.74 bits per heavy atom. The molecule has 0 saturated carbocycles. The summed E-state index contributed by atoms with van der Waals surface area (Å²) < 4.78 is 5.15. The minimum absolute atomic E-state index is 0.177. The van der Waals surface area contributed by atoms with Crippen LogP contribution in [0.2, 0.25) is 0 Å². The second kappa shape index (κ2) is 7.22. The summed E-state index contributed by atoms with van der Waals surface area (Å²) in [5.74, 6) is -0.177. The van der Waals surface area contributed by atoms with Crippen molar-refractivity contribution in [3.8, 4) is 0 Å². The van der Waals surface area contributed by atoms with Crippen LogP contribution in [0.25, 0.3) is 0 Å². The highest BCUT2D eigenvalue weighted by Gasteiger charge is 2.35. The molecule has 0 aliphatic carbocycles. The molecule has 0 amide bonds. The van der Waals surface area contributed by atoms with Crippen LogP contribution in [-0.4, -0.2) is 74.7 Å². The Labute approximate surface area is 117 Å². The molecule has 112 valence electrons. The van der Waals surface area contributed by atoms with Crippen LogP contribution in [-0.2, 0) is 9.53 Å². The zero-order valence-electron chi connectivity index (χ0n) is 13.0. The van der Waals surface area contributed by atoms with Crippen molar-refractivity contribution in [2.24, 2.45) is 0 Å². The van der Waals surface area contributed by atoms with Gasteiger partial charge in [0.25, 0.3) is 0 Å². The Morgan fingerprint density at radius 2 is 2.26 bits per heavy atom. The number of hydrogen-bond donors (Lipinski definition) is 1. The minimum atomic E-state index is -0.637. The molecule has 0 radical (unpaired) electrons. The Hall–Kier alpha value is -0.650. The molecule has 0 spiro atoms. The van der Waals surface area contributed by atoms with Gasteiger partial charge in [-0.25, -0.2) is 0 Å². The summed E-state index contributed by atoms with van der Waals surface area (Å²) in [6.45, 7) is 7.00. The molecule has 1 saturated heterocycles. The van der Waals surface area contributed by atoms with Crippen molar-refractivity contribution < 1.29 is 9.53 Å². The van der Waals surface area contributed by atoms with Crippen molar-refractivity contribution in [1.82, 2.24) is 15.1 Å². The highest BCUT2D eigenvalue weighted by atomic mass is 16.5. The van der Waals surface area contributed by atoms with Crippen LogP contribution in [0, 0.1) is 0 Å². The molecule has 0 bridgehead atoms. The Bertz CT molecular complexity index is 298. The molecule has 2 unspecified atom stereocenters. The van der Waals surface area contributed by atoms with Gasteiger partial charge in [0.1, 0.15) is 5.54 Å². The maximum atomic E-state index is 12.0. The first-order chi connectivity index (χ1) is 8.92. The molecular formula is C14H29N3O2. The van der Waals surface area contributed by atoms with Crippen LogP contribution in [0.4, 0.5) is 0 Å². The molecule has 1 N–H and O–H groups in total. The van der Waals surface area contributed by atoms with Crippen molar-refractivity contribution in [1.29, 1.82) is 0 Å². The number of carbonyl (C=O) groups excluding carboxylic acids is 1. The lowest BCUT2D eigenvalue weighted by Gasteiger charge is -2.33. The van der Waals surface area contributed by atoms with Crippen molar-refractivity contribution >= 4 is 5.97 Å². The highest BCUT2D eigenvalue weighted by Crippen LogP contribution is 2.16. The van der Waals surface area contributed by atoms with Gasteiger partial charge in [0.2, 0.25) is 0 Å². The van der Waals surface area contributed by atoms with Crippen LogP contribution in [0.3, 0.4) is 0 Å². The van der Waals surface area contributed by atoms with E-state index in [0.29, 0.717) is 19.2 Å². The Morgan fingerprint density at radius 1 is 1.58 bits per heavy atom. The van der Waals surface area contributed by atoms with Gasteiger partial charge in [-0.2, -0.15) is 0 Å². The van der Waals surface area contributed by atoms with Crippen molar-refractivity contribution in [2.45, 2.75) is 38.3 Å². The summed E-state index contributed by atoms with van der Waals surface area (Å²) in [7, 11) is 6.06. The minimum Gasteiger partial charge on any atom is -0.465 e. The quantitative estimate of drug-likeness (QED) is 0.685. The fraction of sp³-hybridized carbons (Fsp3) is 0.929. The van der Waals surface area contributed by atoms with E-state index in [2.05, 4.69) is 29.2 Å². The largest absolute Gasteiger partial charge is 0.465 e. The summed E-state index contributed by atoms with van der Waals surface area (Å²) >= 11 is 0. The van der Waals surface area contributed by atoms with Crippen molar-refractivity contribution in [3.05, 3.63) is 0 Å². The SMILES string of the molecule is CCOC(=O)C(C)(CN(C)CC1CCCN1C)NC. The molecule has 5 nitrogen and oxygen atoms in total. The Balaban J connectivity index is 2.52. The number of hydrogen-bond acceptors (Lipinski definition) is 5. The van der Waals surface area contributed by atoms with Gasteiger partial charge in [0.15, 0.2) is 0 Å². The van der Waals surface area contributed by atoms with Crippen molar-refractivity contribution in [2.75, 3.05) is 47.4 Å². The standard InChI is InChI=1S/C14H29N3O2/c1-6-19-13(18)14(2,15-3)11-16(4)10-12-8-7-9-17(12)5/h12,15H,6-11H2,1-5H3. The van der Waals surface area contributed by atoms with E-state index in [-0.39, 0.29) is 5.97 Å². The first-order valence-corrected chi connectivity index (χ1v) is 7.18. The topological polar surface area (TPSA) is 44.8 Å². The van der Waals surface area contributed by atoms with E-state index >= 15 is 0 Å². The van der Waals surface area contributed by atoms with E-state index in [1.807, 2.05) is 20.9 Å². The van der Waals surface area contributed by atoms with E-state index in [9.17, 15) is 4.79 Å². The molecule has 0 aromatic carbocycles. The van der Waals surface area contributed by atoms with Gasteiger partial charge in [-0.15, -0.1) is 0 Å². The molecular weight excluding hydrogens is 242 g/mol. The van der Waals surface area contributed by atoms with E-state index in [0.717, 1.165) is 6.54 Å². The number of ether oxygens (including phenoxy) is 1. The van der Waals surface area contributed by atoms with Gasteiger partial charge < -0.3 is 19.9 Å². The van der Waals surface area contributed by atoms with Crippen LogP contribution >= 0.6 is 0 Å². The number of rotatable bonds is 7. The average Bonchev–Trinajstić information content (AvgIpc) is 2.75. The third-order valence-electron chi connectivity index (χ3n) is 4.06. The Kier molecular flexibility index (Phi) is 6.23. The van der Waals surface area contributed by atoms with Crippen LogP contribution < -0.4 is 5.32 Å². The predicted molar refractivity (Wildman–Crippen MR) is 77.2 cm³/mol. The van der Waals surface area contributed by atoms with Gasteiger partial charge >= 0.3 is 5.97 Å². The smallest absolute Gasteiger partial charge is 0.327 e. The van der Waals surface area contributed by atoms with E-state index in [1.54, 1.807) is 0 Å². The summed E-state index contributed by atoms with van der Waals surface area (Å²) in [5, 5.41) is 3.10. The van der Waals surface area contributed by atoms with E-state index in [1.165, 1.54) is 19.4 Å². The van der Waals surface area contributed by atoms with Gasteiger partial charge in [-0.05, 0) is 54.4 Å². The summed E-state index contributed by atoms with van der Waals surface area (Å²) in [5.41, 5.74) is -0.637. The first-order valence-electron chi connectivity index (χ1n) is 7.18. The van der Waals surface area contributed by atoms with Crippen molar-refractivity contribution in [3.63, 3.8) is 0 Å². The van der Waals surface area contributed by atoms with Gasteiger partial charge in [-0.3, -0.25) is 4.79 Å². The predicted octanol–water partition coefficient (Wildman–Crippen LogP) is 0.554. The molecule has 0 aromatic rings. The number of likely N-dealkylation sites (tertiary alicyclic amines) is 1. The highest BCUT2D eigenvalue weighted by molar-refractivity contribution is 5.80. The normalized spacial score (nSPS) is 23.6. The fourth-order valence-electron chi connectivity index (χ4n) is 2.71. The molecule has 0 aromatic heterocycles. The van der Waals surface area contributed by atoms with Crippen LogP contribution in [0.1, 0.15) is 26.7 Å². The molecule has 1 aliphatic heterocycles. The second-order valence-corrected chi connectivity index (χ2v) is 5.78. The van der Waals surface area contributed by atoms with E-state index in [4.69, 9.17) is 4.74 Å². The molecule has 19 heavy (non-hydrogen) atoms. The molecule has 1 aliphatic rings. The molecule has 1 fully saturated rings. The lowest BCUT2D eigenvalue weighted by atomic mass is 10.0. The van der Waals surface area contributed by atoms with Gasteiger partial charge in [-0.1, -0.05) is 0 Å². The lowest BCUT2D eigenvalue weighted by molar-refractivity contribution is -0.151. The van der Waals surface area contributed by atoms with Gasteiger partial charge in [0.05, 0.1) is 6.61 Å². The lowest BCUT2D eigenvalue weighted by Crippen LogP contribution is -2.56. The third-order valence-corrected chi connectivity index (χ3v) is 4.06. The third kappa shape index (κ3) is 4.44. The molecule has 1 rings (SSSR count). The molecule has 5 heteroatoms. The van der Waals surface area contributed by atoms with E-state index < -0.39 is 5.54 Å². The zero-order valence-corrected chi connectivity index (χ0v) is 13.0. The maximum absolute atomic E-state index is 12.0.